The van der Waals surface area contributed by atoms with Gasteiger partial charge in [-0.3, -0.25) is 9.78 Å². The normalized spacial score (nSPS) is 12.6. The molecule has 1 aromatic heterocycles. The SMILES string of the molecule is CC(C)C(CCCl)NC(=O)c1cccc2ncccc12. The molecule has 1 unspecified atom stereocenters. The summed E-state index contributed by atoms with van der Waals surface area (Å²) in [6.07, 6.45) is 2.50. The summed E-state index contributed by atoms with van der Waals surface area (Å²) in [5, 5.41) is 3.95. The van der Waals surface area contributed by atoms with Crippen molar-refractivity contribution in [2.45, 2.75) is 26.3 Å². The van der Waals surface area contributed by atoms with Crippen LogP contribution in [0.15, 0.2) is 36.5 Å². The summed E-state index contributed by atoms with van der Waals surface area (Å²) < 4.78 is 0. The van der Waals surface area contributed by atoms with Crippen LogP contribution < -0.4 is 5.32 Å². The molecule has 0 saturated heterocycles. The first kappa shape index (κ1) is 14.8. The van der Waals surface area contributed by atoms with Crippen molar-refractivity contribution in [3.05, 3.63) is 42.1 Å². The van der Waals surface area contributed by atoms with Crippen LogP contribution in [-0.4, -0.2) is 22.8 Å². The Kier molecular flexibility index (Phi) is 4.96. The highest BCUT2D eigenvalue weighted by atomic mass is 35.5. The van der Waals surface area contributed by atoms with Crippen molar-refractivity contribution in [1.29, 1.82) is 0 Å². The molecule has 0 saturated carbocycles. The maximum absolute atomic E-state index is 12.5. The number of carbonyl (C=O) groups excluding carboxylic acids is 1. The smallest absolute Gasteiger partial charge is 0.252 e. The molecule has 0 spiro atoms. The Bertz CT molecular complexity index is 593. The topological polar surface area (TPSA) is 42.0 Å². The first-order chi connectivity index (χ1) is 9.63. The minimum Gasteiger partial charge on any atom is -0.349 e. The van der Waals surface area contributed by atoms with E-state index in [1.165, 1.54) is 0 Å². The number of hydrogen-bond acceptors (Lipinski definition) is 2. The minimum atomic E-state index is -0.0626. The molecule has 0 aliphatic heterocycles. The zero-order valence-electron chi connectivity index (χ0n) is 11.8. The molecule has 3 nitrogen and oxygen atoms in total. The second kappa shape index (κ2) is 6.71. The van der Waals surface area contributed by atoms with Gasteiger partial charge in [-0.25, -0.2) is 0 Å². The molecule has 4 heteroatoms. The van der Waals surface area contributed by atoms with E-state index < -0.39 is 0 Å². The van der Waals surface area contributed by atoms with Crippen LogP contribution in [0.25, 0.3) is 10.9 Å². The van der Waals surface area contributed by atoms with Gasteiger partial charge in [-0.05, 0) is 30.5 Å². The summed E-state index contributed by atoms with van der Waals surface area (Å²) in [6.45, 7) is 4.17. The first-order valence-electron chi connectivity index (χ1n) is 6.84. The van der Waals surface area contributed by atoms with E-state index >= 15 is 0 Å². The van der Waals surface area contributed by atoms with E-state index in [-0.39, 0.29) is 11.9 Å². The number of amides is 1. The molecule has 1 aromatic carbocycles. The van der Waals surface area contributed by atoms with Gasteiger partial charge >= 0.3 is 0 Å². The second-order valence-corrected chi connectivity index (χ2v) is 5.56. The van der Waals surface area contributed by atoms with E-state index in [4.69, 9.17) is 11.6 Å². The van der Waals surface area contributed by atoms with Crippen LogP contribution in [0.5, 0.6) is 0 Å². The van der Waals surface area contributed by atoms with Crippen LogP contribution in [0, 0.1) is 5.92 Å². The number of rotatable bonds is 5. The molecule has 1 amide bonds. The molecule has 1 atom stereocenters. The average Bonchev–Trinajstić information content (AvgIpc) is 2.46. The van der Waals surface area contributed by atoms with E-state index in [1.807, 2.05) is 30.3 Å². The Hall–Kier alpha value is -1.61. The molecule has 106 valence electrons. The van der Waals surface area contributed by atoms with Crippen LogP contribution in [0.1, 0.15) is 30.6 Å². The fourth-order valence-electron chi connectivity index (χ4n) is 2.24. The van der Waals surface area contributed by atoms with Gasteiger partial charge in [0, 0.05) is 29.1 Å². The molecular formula is C16H19ClN2O. The third-order valence-electron chi connectivity index (χ3n) is 3.43. The molecular weight excluding hydrogens is 272 g/mol. The van der Waals surface area contributed by atoms with Crippen molar-refractivity contribution < 1.29 is 4.79 Å². The monoisotopic (exact) mass is 290 g/mol. The Morgan fingerprint density at radius 2 is 2.10 bits per heavy atom. The number of pyridine rings is 1. The lowest BCUT2D eigenvalue weighted by atomic mass is 10.0. The lowest BCUT2D eigenvalue weighted by Gasteiger charge is -2.21. The van der Waals surface area contributed by atoms with Gasteiger partial charge < -0.3 is 5.32 Å². The predicted octanol–water partition coefficient (Wildman–Crippen LogP) is 3.62. The molecule has 1 heterocycles. The summed E-state index contributed by atoms with van der Waals surface area (Å²) >= 11 is 5.80. The summed E-state index contributed by atoms with van der Waals surface area (Å²) in [7, 11) is 0. The maximum atomic E-state index is 12.5. The van der Waals surface area contributed by atoms with E-state index in [1.54, 1.807) is 6.20 Å². The largest absolute Gasteiger partial charge is 0.349 e. The summed E-state index contributed by atoms with van der Waals surface area (Å²) in [5.41, 5.74) is 1.49. The zero-order chi connectivity index (χ0) is 14.5. The van der Waals surface area contributed by atoms with Gasteiger partial charge in [0.15, 0.2) is 0 Å². The van der Waals surface area contributed by atoms with Crippen LogP contribution >= 0.6 is 11.6 Å². The van der Waals surface area contributed by atoms with Crippen LogP contribution in [0.4, 0.5) is 0 Å². The number of fused-ring (bicyclic) bond motifs is 1. The molecule has 2 aromatic rings. The fraction of sp³-hybridized carbons (Fsp3) is 0.375. The highest BCUT2D eigenvalue weighted by Gasteiger charge is 2.18. The molecule has 0 radical (unpaired) electrons. The third-order valence-corrected chi connectivity index (χ3v) is 3.65. The summed E-state index contributed by atoms with van der Waals surface area (Å²) in [5.74, 6) is 0.832. The Balaban J connectivity index is 2.27. The van der Waals surface area contributed by atoms with Crippen molar-refractivity contribution in [2.75, 3.05) is 5.88 Å². The fourth-order valence-corrected chi connectivity index (χ4v) is 2.47. The summed E-state index contributed by atoms with van der Waals surface area (Å²) in [6, 6.07) is 9.45. The standard InChI is InChI=1S/C16H19ClN2O/c1-11(2)14(8-9-17)19-16(20)13-5-3-7-15-12(13)6-4-10-18-15/h3-7,10-11,14H,8-9H2,1-2H3,(H,19,20). The minimum absolute atomic E-state index is 0.0626. The van der Waals surface area contributed by atoms with Gasteiger partial charge in [-0.1, -0.05) is 26.0 Å². The Morgan fingerprint density at radius 1 is 1.30 bits per heavy atom. The van der Waals surface area contributed by atoms with Gasteiger partial charge in [0.05, 0.1) is 5.52 Å². The molecule has 20 heavy (non-hydrogen) atoms. The number of halogens is 1. The van der Waals surface area contributed by atoms with Gasteiger partial charge in [-0.15, -0.1) is 11.6 Å². The molecule has 0 aliphatic carbocycles. The van der Waals surface area contributed by atoms with Crippen molar-refractivity contribution >= 4 is 28.4 Å². The molecule has 0 fully saturated rings. The first-order valence-corrected chi connectivity index (χ1v) is 7.37. The number of benzene rings is 1. The van der Waals surface area contributed by atoms with E-state index in [0.29, 0.717) is 17.4 Å². The van der Waals surface area contributed by atoms with Crippen LogP contribution in [0.2, 0.25) is 0 Å². The van der Waals surface area contributed by atoms with E-state index in [9.17, 15) is 4.79 Å². The number of nitrogens with one attached hydrogen (secondary N) is 1. The lowest BCUT2D eigenvalue weighted by molar-refractivity contribution is 0.0926. The van der Waals surface area contributed by atoms with E-state index in [2.05, 4.69) is 24.1 Å². The van der Waals surface area contributed by atoms with Crippen molar-refractivity contribution in [3.8, 4) is 0 Å². The number of alkyl halides is 1. The van der Waals surface area contributed by atoms with Crippen LogP contribution in [-0.2, 0) is 0 Å². The zero-order valence-corrected chi connectivity index (χ0v) is 12.5. The Labute approximate surface area is 124 Å². The molecule has 0 bridgehead atoms. The predicted molar refractivity (Wildman–Crippen MR) is 83.2 cm³/mol. The molecule has 0 aliphatic rings. The van der Waals surface area contributed by atoms with Gasteiger partial charge in [-0.2, -0.15) is 0 Å². The highest BCUT2D eigenvalue weighted by molar-refractivity contribution is 6.17. The van der Waals surface area contributed by atoms with Gasteiger partial charge in [0.25, 0.3) is 5.91 Å². The lowest BCUT2D eigenvalue weighted by Crippen LogP contribution is -2.38. The maximum Gasteiger partial charge on any atom is 0.252 e. The number of aromatic nitrogens is 1. The molecule has 2 rings (SSSR count). The quantitative estimate of drug-likeness (QED) is 0.855. The summed E-state index contributed by atoms with van der Waals surface area (Å²) in [4.78, 5) is 16.7. The Morgan fingerprint density at radius 3 is 2.80 bits per heavy atom. The van der Waals surface area contributed by atoms with Crippen molar-refractivity contribution in [2.24, 2.45) is 5.92 Å². The van der Waals surface area contributed by atoms with Crippen molar-refractivity contribution in [3.63, 3.8) is 0 Å². The number of nitrogens with zero attached hydrogens (tertiary/aromatic N) is 1. The van der Waals surface area contributed by atoms with E-state index in [0.717, 1.165) is 17.3 Å². The molecule has 1 N–H and O–H groups in total. The third kappa shape index (κ3) is 3.28. The van der Waals surface area contributed by atoms with Gasteiger partial charge in [0.2, 0.25) is 0 Å². The second-order valence-electron chi connectivity index (χ2n) is 5.18. The number of hydrogen-bond donors (Lipinski definition) is 1. The van der Waals surface area contributed by atoms with Crippen LogP contribution in [0.3, 0.4) is 0 Å². The van der Waals surface area contributed by atoms with Gasteiger partial charge in [0.1, 0.15) is 0 Å². The highest BCUT2D eigenvalue weighted by Crippen LogP contribution is 2.17. The average molecular weight is 291 g/mol. The van der Waals surface area contributed by atoms with Crippen molar-refractivity contribution in [1.82, 2.24) is 10.3 Å². The number of carbonyl (C=O) groups is 1.